The molecule has 0 spiro atoms. The highest BCUT2D eigenvalue weighted by molar-refractivity contribution is 5.97. The molecule has 3 aromatic rings. The largest absolute Gasteiger partial charge is 0.493 e. The zero-order valence-electron chi connectivity index (χ0n) is 17.9. The minimum absolute atomic E-state index is 0.327. The highest BCUT2D eigenvalue weighted by Crippen LogP contribution is 2.47. The number of rotatable bonds is 6. The number of benzene rings is 1. The van der Waals surface area contributed by atoms with Crippen LogP contribution in [0.4, 0.5) is 5.82 Å². The van der Waals surface area contributed by atoms with E-state index < -0.39 is 5.41 Å². The quantitative estimate of drug-likeness (QED) is 0.586. The Hall–Kier alpha value is -3.63. The first kappa shape index (κ1) is 20.3. The molecule has 0 unspecified atom stereocenters. The Balaban J connectivity index is 1.44. The minimum atomic E-state index is -0.649. The molecular formula is C25H24N4O3. The van der Waals surface area contributed by atoms with Crippen LogP contribution >= 0.6 is 0 Å². The number of nitrogens with zero attached hydrogens (tertiary/aromatic N) is 2. The van der Waals surface area contributed by atoms with Crippen LogP contribution in [0.25, 0.3) is 10.8 Å². The molecule has 0 bridgehead atoms. The Morgan fingerprint density at radius 3 is 2.59 bits per heavy atom. The van der Waals surface area contributed by atoms with E-state index in [0.717, 1.165) is 53.7 Å². The Morgan fingerprint density at radius 2 is 1.97 bits per heavy atom. The van der Waals surface area contributed by atoms with Gasteiger partial charge in [0.25, 0.3) is 0 Å². The zero-order valence-corrected chi connectivity index (χ0v) is 17.9. The van der Waals surface area contributed by atoms with Crippen molar-refractivity contribution in [3.8, 4) is 17.6 Å². The number of aromatic nitrogens is 2. The number of hydrogen-bond donors (Lipinski definition) is 2. The van der Waals surface area contributed by atoms with E-state index in [4.69, 9.17) is 15.2 Å². The molecule has 7 heteroatoms. The van der Waals surface area contributed by atoms with E-state index in [1.54, 1.807) is 12.4 Å². The average Bonchev–Trinajstić information content (AvgIpc) is 3.59. The van der Waals surface area contributed by atoms with E-state index in [9.17, 15) is 4.79 Å². The third-order valence-electron chi connectivity index (χ3n) is 6.11. The third kappa shape index (κ3) is 3.74. The standard InChI is InChI=1S/C25H24N4O3/c1-27-23-21-12-28-22(25(8-9-25)24(26)30)10-20(21)18(11-29-23)5-2-16-3-6-19(7-4-16)32-15-17-13-31-14-17/h3-4,6-7,10-12,17H,8-9,13-15H2,1H3,(H2,26,30)(H,27,29). The number of fused-ring (bicyclic) bond motifs is 1. The fourth-order valence-corrected chi connectivity index (χ4v) is 3.82. The molecule has 1 saturated carbocycles. The molecule has 0 radical (unpaired) electrons. The van der Waals surface area contributed by atoms with Crippen LogP contribution in [-0.2, 0) is 14.9 Å². The summed E-state index contributed by atoms with van der Waals surface area (Å²) in [4.78, 5) is 21.0. The monoisotopic (exact) mass is 428 g/mol. The Bertz CT molecular complexity index is 1240. The van der Waals surface area contributed by atoms with Crippen LogP contribution in [0.3, 0.4) is 0 Å². The summed E-state index contributed by atoms with van der Waals surface area (Å²) in [6, 6.07) is 9.67. The second-order valence-electron chi connectivity index (χ2n) is 8.32. The van der Waals surface area contributed by atoms with Crippen molar-refractivity contribution in [2.75, 3.05) is 32.2 Å². The van der Waals surface area contributed by atoms with Gasteiger partial charge in [0.05, 0.1) is 36.5 Å². The van der Waals surface area contributed by atoms with Gasteiger partial charge in [-0.25, -0.2) is 4.98 Å². The van der Waals surface area contributed by atoms with Crippen LogP contribution < -0.4 is 15.8 Å². The van der Waals surface area contributed by atoms with Gasteiger partial charge in [-0.2, -0.15) is 0 Å². The predicted molar refractivity (Wildman–Crippen MR) is 121 cm³/mol. The van der Waals surface area contributed by atoms with Gasteiger partial charge in [-0.05, 0) is 43.2 Å². The lowest BCUT2D eigenvalue weighted by atomic mass is 9.98. The van der Waals surface area contributed by atoms with Crippen molar-refractivity contribution in [1.29, 1.82) is 0 Å². The van der Waals surface area contributed by atoms with Gasteiger partial charge in [-0.3, -0.25) is 9.78 Å². The Kier molecular flexibility index (Phi) is 5.16. The number of pyridine rings is 2. The molecular weight excluding hydrogens is 404 g/mol. The van der Waals surface area contributed by atoms with E-state index in [1.807, 2.05) is 37.4 Å². The number of nitrogens with two attached hydrogens (primary N) is 1. The summed E-state index contributed by atoms with van der Waals surface area (Å²) in [5, 5.41) is 4.84. The molecule has 1 aromatic carbocycles. The van der Waals surface area contributed by atoms with E-state index in [-0.39, 0.29) is 5.91 Å². The molecule has 2 aromatic heterocycles. The molecule has 7 nitrogen and oxygen atoms in total. The highest BCUT2D eigenvalue weighted by Gasteiger charge is 2.51. The van der Waals surface area contributed by atoms with Crippen molar-refractivity contribution in [3.05, 3.63) is 59.5 Å². The third-order valence-corrected chi connectivity index (χ3v) is 6.11. The molecule has 32 heavy (non-hydrogen) atoms. The number of nitrogens with one attached hydrogen (secondary N) is 1. The normalized spacial score (nSPS) is 16.5. The molecule has 1 aliphatic carbocycles. The number of hydrogen-bond acceptors (Lipinski definition) is 6. The summed E-state index contributed by atoms with van der Waals surface area (Å²) in [7, 11) is 1.81. The van der Waals surface area contributed by atoms with Crippen LogP contribution in [-0.4, -0.2) is 42.7 Å². The van der Waals surface area contributed by atoms with Gasteiger partial charge >= 0.3 is 0 Å². The molecule has 3 N–H and O–H groups in total. The smallest absolute Gasteiger partial charge is 0.229 e. The number of amides is 1. The van der Waals surface area contributed by atoms with Gasteiger partial charge in [0, 0.05) is 41.7 Å². The van der Waals surface area contributed by atoms with Crippen LogP contribution in [0.5, 0.6) is 5.75 Å². The lowest BCUT2D eigenvalue weighted by Crippen LogP contribution is -2.32. The first-order chi connectivity index (χ1) is 15.6. The number of carbonyl (C=O) groups is 1. The van der Waals surface area contributed by atoms with E-state index in [2.05, 4.69) is 27.1 Å². The molecule has 2 aliphatic rings. The van der Waals surface area contributed by atoms with Crippen LogP contribution in [0.1, 0.15) is 29.7 Å². The van der Waals surface area contributed by atoms with Gasteiger partial charge in [-0.1, -0.05) is 11.8 Å². The molecule has 0 atom stereocenters. The first-order valence-electron chi connectivity index (χ1n) is 10.7. The summed E-state index contributed by atoms with van der Waals surface area (Å²) >= 11 is 0. The molecule has 3 heterocycles. The van der Waals surface area contributed by atoms with E-state index >= 15 is 0 Å². The van der Waals surface area contributed by atoms with Crippen molar-refractivity contribution in [2.24, 2.45) is 11.7 Å². The summed E-state index contributed by atoms with van der Waals surface area (Å²) < 4.78 is 11.0. The number of ether oxygens (including phenoxy) is 2. The van der Waals surface area contributed by atoms with Crippen LogP contribution in [0.2, 0.25) is 0 Å². The first-order valence-corrected chi connectivity index (χ1v) is 10.7. The molecule has 1 amide bonds. The molecule has 1 saturated heterocycles. The highest BCUT2D eigenvalue weighted by atomic mass is 16.5. The van der Waals surface area contributed by atoms with E-state index in [0.29, 0.717) is 24.0 Å². The number of primary amides is 1. The van der Waals surface area contributed by atoms with Crippen LogP contribution in [0.15, 0.2) is 42.7 Å². The van der Waals surface area contributed by atoms with Gasteiger partial charge in [0.15, 0.2) is 0 Å². The second-order valence-corrected chi connectivity index (χ2v) is 8.32. The van der Waals surface area contributed by atoms with Crippen molar-refractivity contribution in [1.82, 2.24) is 9.97 Å². The molecule has 2 fully saturated rings. The maximum atomic E-state index is 12.0. The Morgan fingerprint density at radius 1 is 1.19 bits per heavy atom. The average molecular weight is 428 g/mol. The SMILES string of the molecule is CNc1ncc(C#Cc2ccc(OCC3COC3)cc2)c2cc(C3(C(N)=O)CC3)ncc12. The van der Waals surface area contributed by atoms with Gasteiger partial charge in [-0.15, -0.1) is 0 Å². The molecule has 5 rings (SSSR count). The fraction of sp³-hybridized carbons (Fsp3) is 0.320. The number of carbonyl (C=O) groups excluding carboxylic acids is 1. The number of anilines is 1. The maximum absolute atomic E-state index is 12.0. The van der Waals surface area contributed by atoms with Crippen molar-refractivity contribution in [2.45, 2.75) is 18.3 Å². The van der Waals surface area contributed by atoms with Gasteiger partial charge < -0.3 is 20.5 Å². The van der Waals surface area contributed by atoms with Crippen molar-refractivity contribution >= 4 is 22.5 Å². The van der Waals surface area contributed by atoms with Crippen molar-refractivity contribution in [3.63, 3.8) is 0 Å². The van der Waals surface area contributed by atoms with Crippen LogP contribution in [0, 0.1) is 17.8 Å². The van der Waals surface area contributed by atoms with Gasteiger partial charge in [0.1, 0.15) is 11.6 Å². The summed E-state index contributed by atoms with van der Waals surface area (Å²) in [6.07, 6.45) is 4.95. The molecule has 162 valence electrons. The van der Waals surface area contributed by atoms with Gasteiger partial charge in [0.2, 0.25) is 5.91 Å². The lowest BCUT2D eigenvalue weighted by molar-refractivity contribution is -0.120. The summed E-state index contributed by atoms with van der Waals surface area (Å²) in [5.74, 6) is 8.13. The summed E-state index contributed by atoms with van der Waals surface area (Å²) in [5.41, 5.74) is 7.35. The predicted octanol–water partition coefficient (Wildman–Crippen LogP) is 2.61. The summed E-state index contributed by atoms with van der Waals surface area (Å²) in [6.45, 7) is 2.22. The second kappa shape index (κ2) is 8.13. The van der Waals surface area contributed by atoms with E-state index in [1.165, 1.54) is 0 Å². The molecule has 1 aliphatic heterocycles. The maximum Gasteiger partial charge on any atom is 0.229 e. The Labute approximate surface area is 186 Å². The minimum Gasteiger partial charge on any atom is -0.493 e. The van der Waals surface area contributed by atoms with Crippen molar-refractivity contribution < 1.29 is 14.3 Å². The topological polar surface area (TPSA) is 99.4 Å². The lowest BCUT2D eigenvalue weighted by Gasteiger charge is -2.25. The fourth-order valence-electron chi connectivity index (χ4n) is 3.82. The zero-order chi connectivity index (χ0) is 22.1.